The van der Waals surface area contributed by atoms with Crippen LogP contribution in [0.25, 0.3) is 0 Å². The van der Waals surface area contributed by atoms with Crippen LogP contribution in [-0.2, 0) is 4.79 Å². The third-order valence-corrected chi connectivity index (χ3v) is 4.43. The van der Waals surface area contributed by atoms with Crippen LogP contribution in [0.4, 0.5) is 0 Å². The highest BCUT2D eigenvalue weighted by Gasteiger charge is 2.31. The van der Waals surface area contributed by atoms with E-state index in [9.17, 15) is 4.79 Å². The van der Waals surface area contributed by atoms with Crippen molar-refractivity contribution in [1.82, 2.24) is 0 Å². The quantitative estimate of drug-likeness (QED) is 0.550. The first kappa shape index (κ1) is 13.1. The third-order valence-electron chi connectivity index (χ3n) is 3.51. The molecule has 92 valence electrons. The molecule has 1 nitrogen and oxygen atoms in total. The summed E-state index contributed by atoms with van der Waals surface area (Å²) < 4.78 is 1.04. The van der Waals surface area contributed by atoms with Gasteiger partial charge in [0.1, 0.15) is 5.78 Å². The molecule has 1 fully saturated rings. The molecular formula is C14H16BrClO. The van der Waals surface area contributed by atoms with Crippen LogP contribution in [0.1, 0.15) is 37.7 Å². The van der Waals surface area contributed by atoms with Gasteiger partial charge in [0.25, 0.3) is 0 Å². The molecular weight excluding hydrogens is 300 g/mol. The van der Waals surface area contributed by atoms with Gasteiger partial charge in [-0.15, -0.1) is 11.6 Å². The van der Waals surface area contributed by atoms with Crippen LogP contribution in [0.5, 0.6) is 0 Å². The molecule has 3 atom stereocenters. The van der Waals surface area contributed by atoms with Crippen LogP contribution in [0.3, 0.4) is 0 Å². The van der Waals surface area contributed by atoms with Gasteiger partial charge in [-0.1, -0.05) is 35.0 Å². The average Bonchev–Trinajstić information content (AvgIpc) is 2.44. The van der Waals surface area contributed by atoms with Crippen LogP contribution in [0, 0.1) is 5.92 Å². The molecule has 0 bridgehead atoms. The van der Waals surface area contributed by atoms with Crippen molar-refractivity contribution >= 4 is 33.3 Å². The van der Waals surface area contributed by atoms with Gasteiger partial charge in [-0.05, 0) is 37.0 Å². The number of hydrogen-bond donors (Lipinski definition) is 0. The first-order valence-corrected chi connectivity index (χ1v) is 7.24. The van der Waals surface area contributed by atoms with E-state index >= 15 is 0 Å². The van der Waals surface area contributed by atoms with Gasteiger partial charge >= 0.3 is 0 Å². The number of carbonyl (C=O) groups excluding carboxylic acids is 1. The lowest BCUT2D eigenvalue weighted by molar-refractivity contribution is -0.123. The SMILES string of the molecule is C[C@H]1CC[C@@H](Cl)C[C@@H](c2ccc(Br)cc2)C1=O. The molecule has 0 amide bonds. The average molecular weight is 316 g/mol. The highest BCUT2D eigenvalue weighted by atomic mass is 79.9. The Morgan fingerprint density at radius 1 is 1.24 bits per heavy atom. The van der Waals surface area contributed by atoms with Crippen molar-refractivity contribution in [1.29, 1.82) is 0 Å². The van der Waals surface area contributed by atoms with Gasteiger partial charge in [0.05, 0.1) is 0 Å². The molecule has 1 aliphatic rings. The fourth-order valence-corrected chi connectivity index (χ4v) is 2.97. The second kappa shape index (κ2) is 5.53. The molecule has 3 heteroatoms. The lowest BCUT2D eigenvalue weighted by Crippen LogP contribution is -2.18. The van der Waals surface area contributed by atoms with Crippen molar-refractivity contribution in [2.45, 2.75) is 37.5 Å². The maximum atomic E-state index is 12.3. The topological polar surface area (TPSA) is 17.1 Å². The molecule has 17 heavy (non-hydrogen) atoms. The normalized spacial score (nSPS) is 30.1. The van der Waals surface area contributed by atoms with Gasteiger partial charge in [0.2, 0.25) is 0 Å². The summed E-state index contributed by atoms with van der Waals surface area (Å²) in [5, 5.41) is 0.123. The lowest BCUT2D eigenvalue weighted by atomic mass is 9.87. The van der Waals surface area contributed by atoms with Gasteiger partial charge in [0.15, 0.2) is 0 Å². The Kier molecular flexibility index (Phi) is 4.26. The van der Waals surface area contributed by atoms with E-state index < -0.39 is 0 Å². The second-order valence-corrected chi connectivity index (χ2v) is 6.35. The summed E-state index contributed by atoms with van der Waals surface area (Å²) in [5.41, 5.74) is 1.10. The fraction of sp³-hybridized carbons (Fsp3) is 0.500. The zero-order valence-corrected chi connectivity index (χ0v) is 12.2. The zero-order chi connectivity index (χ0) is 12.4. The van der Waals surface area contributed by atoms with Crippen LogP contribution in [-0.4, -0.2) is 11.2 Å². The van der Waals surface area contributed by atoms with E-state index in [2.05, 4.69) is 15.9 Å². The highest BCUT2D eigenvalue weighted by Crippen LogP contribution is 2.34. The summed E-state index contributed by atoms with van der Waals surface area (Å²) in [5.74, 6) is 0.450. The number of benzene rings is 1. The number of halogens is 2. The number of hydrogen-bond acceptors (Lipinski definition) is 1. The van der Waals surface area contributed by atoms with Gasteiger partial charge in [-0.3, -0.25) is 4.79 Å². The standard InChI is InChI=1S/C14H16BrClO/c1-9-2-7-12(16)8-13(14(9)17)10-3-5-11(15)6-4-10/h3-6,9,12-13H,2,7-8H2,1H3/t9-,12+,13-/m0/s1. The largest absolute Gasteiger partial charge is 0.299 e. The molecule has 1 aromatic rings. The molecule has 0 aromatic heterocycles. The highest BCUT2D eigenvalue weighted by molar-refractivity contribution is 9.10. The zero-order valence-electron chi connectivity index (χ0n) is 9.83. The van der Waals surface area contributed by atoms with Crippen LogP contribution >= 0.6 is 27.5 Å². The van der Waals surface area contributed by atoms with Crippen LogP contribution < -0.4 is 0 Å². The minimum atomic E-state index is -0.0249. The minimum Gasteiger partial charge on any atom is -0.299 e. The Labute approximate surface area is 116 Å². The summed E-state index contributed by atoms with van der Waals surface area (Å²) in [6.45, 7) is 2.02. The number of alkyl halides is 1. The Morgan fingerprint density at radius 3 is 2.53 bits per heavy atom. The van der Waals surface area contributed by atoms with Gasteiger partial charge in [-0.25, -0.2) is 0 Å². The first-order chi connectivity index (χ1) is 8.08. The Balaban J connectivity index is 2.27. The van der Waals surface area contributed by atoms with E-state index in [1.807, 2.05) is 31.2 Å². The monoisotopic (exact) mass is 314 g/mol. The van der Waals surface area contributed by atoms with Crippen molar-refractivity contribution in [2.24, 2.45) is 5.92 Å². The van der Waals surface area contributed by atoms with E-state index in [0.717, 1.165) is 29.3 Å². The summed E-state index contributed by atoms with van der Waals surface area (Å²) >= 11 is 9.68. The smallest absolute Gasteiger partial charge is 0.143 e. The van der Waals surface area contributed by atoms with Gasteiger partial charge in [0, 0.05) is 21.7 Å². The van der Waals surface area contributed by atoms with Crippen molar-refractivity contribution in [2.75, 3.05) is 0 Å². The number of Topliss-reactive ketones (excluding diaryl/α,β-unsaturated/α-hetero) is 1. The Hall–Kier alpha value is -0.340. The van der Waals surface area contributed by atoms with E-state index in [1.54, 1.807) is 0 Å². The molecule has 1 aliphatic carbocycles. The van der Waals surface area contributed by atoms with E-state index in [1.165, 1.54) is 0 Å². The van der Waals surface area contributed by atoms with Crippen molar-refractivity contribution in [3.05, 3.63) is 34.3 Å². The Bertz CT molecular complexity index is 401. The number of rotatable bonds is 1. The van der Waals surface area contributed by atoms with E-state index in [-0.39, 0.29) is 17.2 Å². The number of ketones is 1. The predicted molar refractivity (Wildman–Crippen MR) is 74.5 cm³/mol. The third kappa shape index (κ3) is 3.11. The van der Waals surface area contributed by atoms with E-state index in [0.29, 0.717) is 5.78 Å². The van der Waals surface area contributed by atoms with Crippen LogP contribution in [0.15, 0.2) is 28.7 Å². The molecule has 2 rings (SSSR count). The molecule has 0 spiro atoms. The van der Waals surface area contributed by atoms with Gasteiger partial charge in [-0.2, -0.15) is 0 Å². The first-order valence-electron chi connectivity index (χ1n) is 6.01. The summed E-state index contributed by atoms with van der Waals surface area (Å²) in [6, 6.07) is 8.02. The van der Waals surface area contributed by atoms with Crippen molar-refractivity contribution in [3.63, 3.8) is 0 Å². The maximum Gasteiger partial charge on any atom is 0.143 e. The molecule has 0 aliphatic heterocycles. The number of carbonyl (C=O) groups is 1. The van der Waals surface area contributed by atoms with Crippen molar-refractivity contribution in [3.8, 4) is 0 Å². The van der Waals surface area contributed by atoms with Crippen LogP contribution in [0.2, 0.25) is 0 Å². The Morgan fingerprint density at radius 2 is 1.88 bits per heavy atom. The summed E-state index contributed by atoms with van der Waals surface area (Å²) in [6.07, 6.45) is 2.63. The molecule has 0 radical (unpaired) electrons. The summed E-state index contributed by atoms with van der Waals surface area (Å²) in [4.78, 5) is 12.3. The minimum absolute atomic E-state index is 0.0249. The molecule has 1 aromatic carbocycles. The lowest BCUT2D eigenvalue weighted by Gasteiger charge is -2.17. The predicted octanol–water partition coefficient (Wildman–Crippen LogP) is 4.53. The molecule has 0 saturated heterocycles. The maximum absolute atomic E-state index is 12.3. The molecule has 0 unspecified atom stereocenters. The van der Waals surface area contributed by atoms with E-state index in [4.69, 9.17) is 11.6 Å². The molecule has 0 N–H and O–H groups in total. The molecule has 1 saturated carbocycles. The van der Waals surface area contributed by atoms with Gasteiger partial charge < -0.3 is 0 Å². The second-order valence-electron chi connectivity index (χ2n) is 4.82. The fourth-order valence-electron chi connectivity index (χ4n) is 2.40. The molecule has 0 heterocycles. The van der Waals surface area contributed by atoms with Crippen molar-refractivity contribution < 1.29 is 4.79 Å². The summed E-state index contributed by atoms with van der Waals surface area (Å²) in [7, 11) is 0.